The molecule has 2 amide bonds. The molecule has 23 heavy (non-hydrogen) atoms. The van der Waals surface area contributed by atoms with Gasteiger partial charge < -0.3 is 14.5 Å². The minimum absolute atomic E-state index is 0.0960. The molecule has 2 aliphatic heterocycles. The Morgan fingerprint density at radius 3 is 2.65 bits per heavy atom. The van der Waals surface area contributed by atoms with E-state index in [-0.39, 0.29) is 23.8 Å². The number of likely N-dealkylation sites (tertiary alicyclic amines) is 2. The normalized spacial score (nSPS) is 21.7. The van der Waals surface area contributed by atoms with Crippen molar-refractivity contribution in [3.8, 4) is 0 Å². The maximum absolute atomic E-state index is 12.4. The number of ether oxygens (including phenoxy) is 1. The molecule has 124 valence electrons. The topological polar surface area (TPSA) is 49.9 Å². The van der Waals surface area contributed by atoms with Crippen molar-refractivity contribution in [3.63, 3.8) is 0 Å². The maximum Gasteiger partial charge on any atom is 0.228 e. The third kappa shape index (κ3) is 3.39. The first kappa shape index (κ1) is 16.0. The van der Waals surface area contributed by atoms with E-state index in [0.717, 1.165) is 0 Å². The quantitative estimate of drug-likeness (QED) is 0.829. The van der Waals surface area contributed by atoms with E-state index >= 15 is 0 Å². The van der Waals surface area contributed by atoms with Crippen LogP contribution >= 0.6 is 0 Å². The fourth-order valence-corrected chi connectivity index (χ4v) is 3.20. The predicted octanol–water partition coefficient (Wildman–Crippen LogP) is 1.59. The Morgan fingerprint density at radius 1 is 1.26 bits per heavy atom. The average molecular weight is 316 g/mol. The molecular formula is C18H24N2O3. The van der Waals surface area contributed by atoms with Gasteiger partial charge >= 0.3 is 0 Å². The van der Waals surface area contributed by atoms with Gasteiger partial charge in [-0.3, -0.25) is 9.59 Å². The van der Waals surface area contributed by atoms with Gasteiger partial charge in [-0.05, 0) is 25.0 Å². The van der Waals surface area contributed by atoms with Gasteiger partial charge in [-0.1, -0.05) is 24.3 Å². The minimum Gasteiger partial charge on any atom is -0.370 e. The fraction of sp³-hybridized carbons (Fsp3) is 0.556. The summed E-state index contributed by atoms with van der Waals surface area (Å²) in [6.45, 7) is 7.15. The predicted molar refractivity (Wildman–Crippen MR) is 86.7 cm³/mol. The van der Waals surface area contributed by atoms with Gasteiger partial charge in [-0.25, -0.2) is 0 Å². The molecule has 2 heterocycles. The van der Waals surface area contributed by atoms with Crippen LogP contribution in [-0.4, -0.2) is 53.9 Å². The molecule has 3 rings (SSSR count). The lowest BCUT2D eigenvalue weighted by Crippen LogP contribution is -2.56. The molecule has 2 fully saturated rings. The molecule has 1 unspecified atom stereocenters. The fourth-order valence-electron chi connectivity index (χ4n) is 3.20. The summed E-state index contributed by atoms with van der Waals surface area (Å²) in [5.74, 6) is 0.0311. The van der Waals surface area contributed by atoms with E-state index in [2.05, 4.69) is 19.1 Å². The summed E-state index contributed by atoms with van der Waals surface area (Å²) >= 11 is 0. The van der Waals surface area contributed by atoms with Gasteiger partial charge in [0.25, 0.3) is 0 Å². The van der Waals surface area contributed by atoms with Crippen LogP contribution in [0.4, 0.5) is 0 Å². The van der Waals surface area contributed by atoms with Crippen LogP contribution in [0.15, 0.2) is 24.3 Å². The van der Waals surface area contributed by atoms with Crippen molar-refractivity contribution in [1.82, 2.24) is 9.80 Å². The van der Waals surface area contributed by atoms with E-state index < -0.39 is 0 Å². The first-order chi connectivity index (χ1) is 11.1. The van der Waals surface area contributed by atoms with Gasteiger partial charge in [0.2, 0.25) is 11.8 Å². The Balaban J connectivity index is 1.43. The van der Waals surface area contributed by atoms with Crippen molar-refractivity contribution in [3.05, 3.63) is 35.4 Å². The number of benzene rings is 1. The van der Waals surface area contributed by atoms with Crippen LogP contribution in [0.3, 0.4) is 0 Å². The van der Waals surface area contributed by atoms with Crippen LogP contribution in [0.1, 0.15) is 24.5 Å². The third-order valence-electron chi connectivity index (χ3n) is 4.84. The zero-order valence-electron chi connectivity index (χ0n) is 13.8. The van der Waals surface area contributed by atoms with Crippen molar-refractivity contribution in [2.75, 3.05) is 26.2 Å². The number of amides is 2. The van der Waals surface area contributed by atoms with Gasteiger partial charge in [-0.2, -0.15) is 0 Å². The third-order valence-corrected chi connectivity index (χ3v) is 4.84. The maximum atomic E-state index is 12.4. The summed E-state index contributed by atoms with van der Waals surface area (Å²) in [5, 5.41) is 0. The SMILES string of the molecule is CCN1CC(C(=O)N2CC(OCc3ccccc3C)C2)CC1=O. The number of carbonyl (C=O) groups excluding carboxylic acids is 2. The number of hydrogen-bond donors (Lipinski definition) is 0. The number of aryl methyl sites for hydroxylation is 1. The molecule has 0 N–H and O–H groups in total. The molecule has 0 bridgehead atoms. The van der Waals surface area contributed by atoms with Gasteiger partial charge in [0.05, 0.1) is 18.6 Å². The average Bonchev–Trinajstić information content (AvgIpc) is 2.88. The molecule has 1 aromatic carbocycles. The van der Waals surface area contributed by atoms with Crippen LogP contribution in [0.2, 0.25) is 0 Å². The highest BCUT2D eigenvalue weighted by atomic mass is 16.5. The second-order valence-electron chi connectivity index (χ2n) is 6.44. The molecule has 1 atom stereocenters. The molecule has 5 nitrogen and oxygen atoms in total. The van der Waals surface area contributed by atoms with Crippen LogP contribution < -0.4 is 0 Å². The number of rotatable bonds is 5. The van der Waals surface area contributed by atoms with E-state index in [0.29, 0.717) is 39.2 Å². The summed E-state index contributed by atoms with van der Waals surface area (Å²) in [6.07, 6.45) is 0.468. The molecule has 5 heteroatoms. The number of nitrogens with zero attached hydrogens (tertiary/aromatic N) is 2. The number of hydrogen-bond acceptors (Lipinski definition) is 3. The van der Waals surface area contributed by atoms with E-state index in [1.54, 1.807) is 4.90 Å². The van der Waals surface area contributed by atoms with Crippen molar-refractivity contribution in [1.29, 1.82) is 0 Å². The van der Waals surface area contributed by atoms with Crippen molar-refractivity contribution >= 4 is 11.8 Å². The molecule has 2 aliphatic rings. The highest BCUT2D eigenvalue weighted by Gasteiger charge is 2.40. The molecule has 2 saturated heterocycles. The Kier molecular flexibility index (Phi) is 4.66. The molecule has 0 aromatic heterocycles. The van der Waals surface area contributed by atoms with E-state index in [9.17, 15) is 9.59 Å². The molecule has 0 aliphatic carbocycles. The van der Waals surface area contributed by atoms with Gasteiger partial charge in [0.1, 0.15) is 0 Å². The Hall–Kier alpha value is -1.88. The van der Waals surface area contributed by atoms with Crippen molar-refractivity contribution < 1.29 is 14.3 Å². The Bertz CT molecular complexity index is 596. The molecular weight excluding hydrogens is 292 g/mol. The second kappa shape index (κ2) is 6.71. The Labute approximate surface area is 137 Å². The van der Waals surface area contributed by atoms with Crippen molar-refractivity contribution in [2.24, 2.45) is 5.92 Å². The van der Waals surface area contributed by atoms with Gasteiger partial charge in [0, 0.05) is 32.6 Å². The summed E-state index contributed by atoms with van der Waals surface area (Å²) in [5.41, 5.74) is 2.42. The smallest absolute Gasteiger partial charge is 0.228 e. The van der Waals surface area contributed by atoms with E-state index in [1.165, 1.54) is 11.1 Å². The van der Waals surface area contributed by atoms with Crippen molar-refractivity contribution in [2.45, 2.75) is 33.0 Å². The Morgan fingerprint density at radius 2 is 2.00 bits per heavy atom. The summed E-state index contributed by atoms with van der Waals surface area (Å²) in [7, 11) is 0. The highest BCUT2D eigenvalue weighted by molar-refractivity contribution is 5.89. The lowest BCUT2D eigenvalue weighted by Gasteiger charge is -2.40. The zero-order valence-corrected chi connectivity index (χ0v) is 13.8. The first-order valence-electron chi connectivity index (χ1n) is 8.31. The monoisotopic (exact) mass is 316 g/mol. The lowest BCUT2D eigenvalue weighted by atomic mass is 10.0. The van der Waals surface area contributed by atoms with Crippen LogP contribution in [0, 0.1) is 12.8 Å². The lowest BCUT2D eigenvalue weighted by molar-refractivity contribution is -0.150. The summed E-state index contributed by atoms with van der Waals surface area (Å²) < 4.78 is 5.88. The van der Waals surface area contributed by atoms with E-state index in [4.69, 9.17) is 4.74 Å². The molecule has 0 spiro atoms. The van der Waals surface area contributed by atoms with Crippen LogP contribution in [-0.2, 0) is 20.9 Å². The van der Waals surface area contributed by atoms with Crippen LogP contribution in [0.5, 0.6) is 0 Å². The van der Waals surface area contributed by atoms with E-state index in [1.807, 2.05) is 24.0 Å². The largest absolute Gasteiger partial charge is 0.370 e. The number of carbonyl (C=O) groups is 2. The van der Waals surface area contributed by atoms with Gasteiger partial charge in [-0.15, -0.1) is 0 Å². The molecule has 1 aromatic rings. The summed E-state index contributed by atoms with van der Waals surface area (Å²) in [4.78, 5) is 27.7. The second-order valence-corrected chi connectivity index (χ2v) is 6.44. The molecule has 0 radical (unpaired) electrons. The van der Waals surface area contributed by atoms with Gasteiger partial charge in [0.15, 0.2) is 0 Å². The first-order valence-corrected chi connectivity index (χ1v) is 8.31. The highest BCUT2D eigenvalue weighted by Crippen LogP contribution is 2.24. The minimum atomic E-state index is -0.167. The van der Waals surface area contributed by atoms with Crippen LogP contribution in [0.25, 0.3) is 0 Å². The zero-order chi connectivity index (χ0) is 16.4. The molecule has 0 saturated carbocycles. The summed E-state index contributed by atoms with van der Waals surface area (Å²) in [6, 6.07) is 8.18. The standard InChI is InChI=1S/C18H24N2O3/c1-3-19-9-15(8-17(19)21)18(22)20-10-16(11-20)23-12-14-7-5-4-6-13(14)2/h4-7,15-16H,3,8-12H2,1-2H3.